The Morgan fingerprint density at radius 1 is 0.654 bits per heavy atom. The molecule has 0 rings (SSSR count). The van der Waals surface area contributed by atoms with Gasteiger partial charge in [0.05, 0.1) is 0 Å². The first-order chi connectivity index (χ1) is 12.0. The van der Waals surface area contributed by atoms with Gasteiger partial charge in [-0.2, -0.15) is 0 Å². The van der Waals surface area contributed by atoms with E-state index in [-0.39, 0.29) is 36.6 Å². The van der Waals surface area contributed by atoms with Gasteiger partial charge >= 0.3 is 8.60 Å². The number of hydrogen-bond donors (Lipinski definition) is 0. The molecular formula is C17H36N3O5P. The van der Waals surface area contributed by atoms with Crippen LogP contribution in [0.2, 0.25) is 0 Å². The molecule has 0 N–H and O–H groups in total. The Hall–Kier alpha value is -0.520. The van der Waals surface area contributed by atoms with E-state index in [4.69, 9.17) is 28.9 Å². The van der Waals surface area contributed by atoms with Crippen molar-refractivity contribution in [2.75, 3.05) is 0 Å². The van der Waals surface area contributed by atoms with Crippen LogP contribution in [0.1, 0.15) is 69.2 Å². The van der Waals surface area contributed by atoms with Gasteiger partial charge in [0.15, 0.2) is 0 Å². The maximum absolute atomic E-state index is 8.79. The normalized spacial score (nSPS) is 16.0. The van der Waals surface area contributed by atoms with Crippen LogP contribution in [0.3, 0.4) is 0 Å². The largest absolute Gasteiger partial charge is 0.467 e. The van der Waals surface area contributed by atoms with Crippen LogP contribution in [0.15, 0.2) is 0 Å². The van der Waals surface area contributed by atoms with Crippen molar-refractivity contribution in [2.24, 2.45) is 0 Å². The van der Waals surface area contributed by atoms with E-state index in [1.54, 1.807) is 6.26 Å². The maximum atomic E-state index is 8.79. The lowest BCUT2D eigenvalue weighted by Gasteiger charge is -2.35. The highest BCUT2D eigenvalue weighted by molar-refractivity contribution is 7.41. The van der Waals surface area contributed by atoms with E-state index in [1.165, 1.54) is 0 Å². The Kier molecular flexibility index (Phi) is 12.5. The molecule has 0 aliphatic heterocycles. The summed E-state index contributed by atoms with van der Waals surface area (Å²) < 4.78 is 15.2. The van der Waals surface area contributed by atoms with Gasteiger partial charge in [0.2, 0.25) is 0 Å². The van der Waals surface area contributed by atoms with E-state index in [1.807, 2.05) is 13.8 Å². The van der Waals surface area contributed by atoms with Crippen molar-refractivity contribution in [3.63, 3.8) is 0 Å². The number of hydrogen-bond acceptors (Lipinski definition) is 8. The van der Waals surface area contributed by atoms with Crippen molar-refractivity contribution in [3.8, 4) is 6.26 Å². The fraction of sp³-hybridized carbons (Fsp3) is 0.941. The zero-order chi connectivity index (χ0) is 20.4. The second-order valence-electron chi connectivity index (χ2n) is 7.22. The molecule has 0 radical (unpaired) electrons. The molecule has 0 bridgehead atoms. The SMILES string of the molecule is CC(C)N(C(C)C)C(C)OOP(OC#N)OOC(C)N(C(C)C)C(C)C. The monoisotopic (exact) mass is 393 g/mol. The smallest absolute Gasteiger partial charge is 0.349 e. The standard InChI is InChI=1S/C17H36N3O5P/c1-12(2)19(13(3)4)16(9)22-24-26(21-11-18)25-23-17(10)20(14(5)6)15(7)8/h12-17H,1-10H3. The summed E-state index contributed by atoms with van der Waals surface area (Å²) in [6.07, 6.45) is 0.873. The lowest BCUT2D eigenvalue weighted by atomic mass is 10.2. The molecule has 154 valence electrons. The van der Waals surface area contributed by atoms with Crippen LogP contribution in [0.25, 0.3) is 0 Å². The summed E-state index contributed by atoms with van der Waals surface area (Å²) in [4.78, 5) is 15.0. The molecule has 9 heteroatoms. The van der Waals surface area contributed by atoms with E-state index in [0.717, 1.165) is 0 Å². The van der Waals surface area contributed by atoms with Crippen LogP contribution in [-0.2, 0) is 23.6 Å². The summed E-state index contributed by atoms with van der Waals surface area (Å²) in [6.45, 7) is 20.3. The topological polar surface area (TPSA) is 76.4 Å². The molecule has 0 aromatic heterocycles. The predicted molar refractivity (Wildman–Crippen MR) is 101 cm³/mol. The summed E-state index contributed by atoms with van der Waals surface area (Å²) in [5.74, 6) is 0. The first-order valence-electron chi connectivity index (χ1n) is 9.10. The van der Waals surface area contributed by atoms with Gasteiger partial charge in [-0.25, -0.2) is 9.78 Å². The Morgan fingerprint density at radius 2 is 0.962 bits per heavy atom. The summed E-state index contributed by atoms with van der Waals surface area (Å²) in [5.41, 5.74) is 0. The van der Waals surface area contributed by atoms with Crippen molar-refractivity contribution >= 4 is 8.60 Å². The number of rotatable bonds is 13. The van der Waals surface area contributed by atoms with Gasteiger partial charge in [0, 0.05) is 24.2 Å². The van der Waals surface area contributed by atoms with E-state index in [2.05, 4.69) is 65.2 Å². The van der Waals surface area contributed by atoms with Crippen molar-refractivity contribution in [2.45, 2.75) is 106 Å². The molecule has 2 atom stereocenters. The average Bonchev–Trinajstić information content (AvgIpc) is 2.48. The third-order valence-corrected chi connectivity index (χ3v) is 4.47. The van der Waals surface area contributed by atoms with E-state index in [0.29, 0.717) is 0 Å². The predicted octanol–water partition coefficient (Wildman–Crippen LogP) is 4.54. The summed E-state index contributed by atoms with van der Waals surface area (Å²) in [7, 11) is -2.11. The third kappa shape index (κ3) is 8.92. The molecule has 0 aromatic carbocycles. The molecule has 2 unspecified atom stereocenters. The van der Waals surface area contributed by atoms with Crippen LogP contribution in [-0.4, -0.2) is 46.4 Å². The van der Waals surface area contributed by atoms with Crippen molar-refractivity contribution in [3.05, 3.63) is 0 Å². The third-order valence-electron chi connectivity index (χ3n) is 3.83. The van der Waals surface area contributed by atoms with Gasteiger partial charge in [-0.15, -0.1) is 14.6 Å². The second-order valence-corrected chi connectivity index (χ2v) is 8.14. The van der Waals surface area contributed by atoms with E-state index in [9.17, 15) is 0 Å². The van der Waals surface area contributed by atoms with Crippen LogP contribution in [0.5, 0.6) is 0 Å². The van der Waals surface area contributed by atoms with Gasteiger partial charge in [0.1, 0.15) is 12.5 Å². The summed E-state index contributed by atoms with van der Waals surface area (Å²) in [5, 5.41) is 8.79. The van der Waals surface area contributed by atoms with E-state index < -0.39 is 8.60 Å². The second kappa shape index (κ2) is 12.8. The molecule has 0 aromatic rings. The van der Waals surface area contributed by atoms with Crippen LogP contribution in [0, 0.1) is 11.5 Å². The van der Waals surface area contributed by atoms with Crippen LogP contribution >= 0.6 is 8.60 Å². The summed E-state index contributed by atoms with van der Waals surface area (Å²) >= 11 is 0. The van der Waals surface area contributed by atoms with E-state index >= 15 is 0 Å². The highest BCUT2D eigenvalue weighted by Crippen LogP contribution is 2.41. The zero-order valence-corrected chi connectivity index (χ0v) is 18.7. The Labute approximate surface area is 160 Å². The van der Waals surface area contributed by atoms with Crippen LogP contribution in [0.4, 0.5) is 0 Å². The molecule has 0 aliphatic carbocycles. The van der Waals surface area contributed by atoms with Crippen molar-refractivity contribution in [1.29, 1.82) is 5.26 Å². The van der Waals surface area contributed by atoms with Crippen molar-refractivity contribution in [1.82, 2.24) is 9.80 Å². The number of nitrogens with zero attached hydrogens (tertiary/aromatic N) is 3. The fourth-order valence-electron chi connectivity index (χ4n) is 3.24. The first-order valence-corrected chi connectivity index (χ1v) is 10.2. The molecule has 0 fully saturated rings. The quantitative estimate of drug-likeness (QED) is 0.148. The van der Waals surface area contributed by atoms with Gasteiger partial charge in [-0.1, -0.05) is 0 Å². The first kappa shape index (κ1) is 25.5. The lowest BCUT2D eigenvalue weighted by molar-refractivity contribution is -0.331. The molecule has 0 saturated carbocycles. The minimum absolute atomic E-state index is 0.263. The molecule has 0 spiro atoms. The Balaban J connectivity index is 4.68. The molecule has 26 heavy (non-hydrogen) atoms. The van der Waals surface area contributed by atoms with Gasteiger partial charge < -0.3 is 4.52 Å². The van der Waals surface area contributed by atoms with Crippen LogP contribution < -0.4 is 0 Å². The minimum atomic E-state index is -2.11. The molecule has 8 nitrogen and oxygen atoms in total. The van der Waals surface area contributed by atoms with Gasteiger partial charge in [-0.05, 0) is 69.2 Å². The van der Waals surface area contributed by atoms with Gasteiger partial charge in [-0.3, -0.25) is 9.80 Å². The molecule has 0 saturated heterocycles. The molecular weight excluding hydrogens is 357 g/mol. The maximum Gasteiger partial charge on any atom is 0.467 e. The molecule has 0 aliphatic rings. The minimum Gasteiger partial charge on any atom is -0.349 e. The lowest BCUT2D eigenvalue weighted by Crippen LogP contribution is -2.45. The average molecular weight is 393 g/mol. The molecule has 0 amide bonds. The number of nitriles is 1. The highest BCUT2D eigenvalue weighted by Gasteiger charge is 2.28. The highest BCUT2D eigenvalue weighted by atomic mass is 31.2. The van der Waals surface area contributed by atoms with Crippen molar-refractivity contribution < 1.29 is 23.6 Å². The zero-order valence-electron chi connectivity index (χ0n) is 17.8. The fourth-order valence-corrected chi connectivity index (χ4v) is 3.78. The Morgan fingerprint density at radius 3 is 1.19 bits per heavy atom. The molecule has 0 heterocycles. The summed E-state index contributed by atoms with van der Waals surface area (Å²) in [6, 6.07) is 1.05. The Bertz CT molecular complexity index is 372. The van der Waals surface area contributed by atoms with Gasteiger partial charge in [0.25, 0.3) is 6.26 Å².